The fourth-order valence-electron chi connectivity index (χ4n) is 1.08. The Morgan fingerprint density at radius 2 is 1.94 bits per heavy atom. The van der Waals surface area contributed by atoms with Gasteiger partial charge in [0.05, 0.1) is 23.6 Å². The molecule has 0 bridgehead atoms. The van der Waals surface area contributed by atoms with Gasteiger partial charge < -0.3 is 5.32 Å². The number of anilines is 1. The van der Waals surface area contributed by atoms with Crippen LogP contribution in [0.15, 0.2) is 37.1 Å². The van der Waals surface area contributed by atoms with Gasteiger partial charge >= 0.3 is 0 Å². The first-order valence-electron chi connectivity index (χ1n) is 4.43. The van der Waals surface area contributed by atoms with Crippen molar-refractivity contribution in [1.82, 2.24) is 15.0 Å². The molecule has 2 heterocycles. The van der Waals surface area contributed by atoms with Crippen LogP contribution in [0, 0.1) is 0 Å². The number of nitrogens with zero attached hydrogens (tertiary/aromatic N) is 3. The van der Waals surface area contributed by atoms with Gasteiger partial charge in [-0.15, -0.1) is 0 Å². The van der Waals surface area contributed by atoms with Gasteiger partial charge in [-0.3, -0.25) is 4.79 Å². The molecule has 80 valence electrons. The Morgan fingerprint density at radius 3 is 2.56 bits per heavy atom. The van der Waals surface area contributed by atoms with Crippen LogP contribution in [-0.2, 0) is 0 Å². The Balaban J connectivity index is 2.12. The van der Waals surface area contributed by atoms with E-state index in [2.05, 4.69) is 20.3 Å². The third-order valence-corrected chi connectivity index (χ3v) is 2.03. The monoisotopic (exact) mass is 234 g/mol. The van der Waals surface area contributed by atoms with Crippen LogP contribution in [0.5, 0.6) is 0 Å². The average Bonchev–Trinajstić information content (AvgIpc) is 2.31. The number of nitrogens with one attached hydrogen (secondary N) is 1. The van der Waals surface area contributed by atoms with Crippen LogP contribution in [0.4, 0.5) is 5.69 Å². The zero-order valence-corrected chi connectivity index (χ0v) is 8.85. The maximum absolute atomic E-state index is 11.7. The highest BCUT2D eigenvalue weighted by molar-refractivity contribution is 6.29. The number of carbonyl (C=O) groups excluding carboxylic acids is 1. The first-order chi connectivity index (χ1) is 7.75. The summed E-state index contributed by atoms with van der Waals surface area (Å²) in [4.78, 5) is 23.1. The van der Waals surface area contributed by atoms with E-state index in [4.69, 9.17) is 11.6 Å². The lowest BCUT2D eigenvalue weighted by atomic mass is 10.2. The summed E-state index contributed by atoms with van der Waals surface area (Å²) in [6, 6.07) is 3.15. The topological polar surface area (TPSA) is 67.8 Å². The van der Waals surface area contributed by atoms with E-state index in [1.165, 1.54) is 24.9 Å². The largest absolute Gasteiger partial charge is 0.319 e. The minimum absolute atomic E-state index is 0.279. The molecular formula is C10H7ClN4O. The maximum atomic E-state index is 11.7. The van der Waals surface area contributed by atoms with Crippen LogP contribution in [-0.4, -0.2) is 20.9 Å². The molecular weight excluding hydrogens is 228 g/mol. The summed E-state index contributed by atoms with van der Waals surface area (Å²) in [5.74, 6) is -0.279. The highest BCUT2D eigenvalue weighted by Crippen LogP contribution is 2.08. The number of amides is 1. The number of halogens is 1. The third kappa shape index (κ3) is 2.52. The summed E-state index contributed by atoms with van der Waals surface area (Å²) in [6.07, 6.45) is 5.81. The number of pyridine rings is 1. The van der Waals surface area contributed by atoms with Crippen molar-refractivity contribution in [2.75, 3.05) is 5.32 Å². The zero-order valence-electron chi connectivity index (χ0n) is 8.09. The van der Waals surface area contributed by atoms with Crippen molar-refractivity contribution in [3.8, 4) is 0 Å². The quantitative estimate of drug-likeness (QED) is 0.805. The summed E-state index contributed by atoms with van der Waals surface area (Å²) >= 11 is 5.61. The molecule has 0 aliphatic rings. The molecule has 0 unspecified atom stereocenters. The van der Waals surface area contributed by atoms with E-state index in [1.807, 2.05) is 0 Å². The minimum Gasteiger partial charge on any atom is -0.319 e. The van der Waals surface area contributed by atoms with E-state index in [-0.39, 0.29) is 5.91 Å². The second kappa shape index (κ2) is 4.67. The summed E-state index contributed by atoms with van der Waals surface area (Å²) < 4.78 is 0. The van der Waals surface area contributed by atoms with Gasteiger partial charge in [0, 0.05) is 6.20 Å². The van der Waals surface area contributed by atoms with E-state index in [1.54, 1.807) is 12.1 Å². The molecule has 0 aliphatic carbocycles. The van der Waals surface area contributed by atoms with Crippen LogP contribution >= 0.6 is 11.6 Å². The summed E-state index contributed by atoms with van der Waals surface area (Å²) in [6.45, 7) is 0. The van der Waals surface area contributed by atoms with Crippen molar-refractivity contribution < 1.29 is 4.79 Å². The van der Waals surface area contributed by atoms with E-state index in [0.29, 0.717) is 16.4 Å². The molecule has 2 aromatic rings. The number of hydrogen-bond acceptors (Lipinski definition) is 4. The molecule has 0 radical (unpaired) electrons. The van der Waals surface area contributed by atoms with Gasteiger partial charge in [0.15, 0.2) is 0 Å². The third-order valence-electron chi connectivity index (χ3n) is 1.81. The minimum atomic E-state index is -0.279. The normalized spacial score (nSPS) is 9.81. The molecule has 0 atom stereocenters. The lowest BCUT2D eigenvalue weighted by Crippen LogP contribution is -2.12. The second-order valence-electron chi connectivity index (χ2n) is 2.95. The molecule has 2 rings (SSSR count). The van der Waals surface area contributed by atoms with Crippen LogP contribution in [0.1, 0.15) is 10.4 Å². The predicted molar refractivity (Wildman–Crippen MR) is 59.2 cm³/mol. The number of aromatic nitrogens is 3. The first kappa shape index (κ1) is 10.5. The van der Waals surface area contributed by atoms with Crippen LogP contribution in [0.2, 0.25) is 5.15 Å². The van der Waals surface area contributed by atoms with Crippen molar-refractivity contribution in [3.63, 3.8) is 0 Å². The van der Waals surface area contributed by atoms with Crippen LogP contribution < -0.4 is 5.32 Å². The van der Waals surface area contributed by atoms with Gasteiger partial charge in [0.2, 0.25) is 0 Å². The molecule has 0 spiro atoms. The SMILES string of the molecule is O=C(Nc1cncnc1)c1ccc(Cl)nc1. The van der Waals surface area contributed by atoms with Crippen LogP contribution in [0.25, 0.3) is 0 Å². The van der Waals surface area contributed by atoms with Crippen LogP contribution in [0.3, 0.4) is 0 Å². The fourth-order valence-corrected chi connectivity index (χ4v) is 1.19. The highest BCUT2D eigenvalue weighted by atomic mass is 35.5. The second-order valence-corrected chi connectivity index (χ2v) is 3.34. The molecule has 0 aliphatic heterocycles. The van der Waals surface area contributed by atoms with Crippen molar-refractivity contribution in [3.05, 3.63) is 47.8 Å². The first-order valence-corrected chi connectivity index (χ1v) is 4.81. The van der Waals surface area contributed by atoms with Crippen molar-refractivity contribution in [2.45, 2.75) is 0 Å². The molecule has 1 amide bonds. The van der Waals surface area contributed by atoms with E-state index in [0.717, 1.165) is 0 Å². The Morgan fingerprint density at radius 1 is 1.19 bits per heavy atom. The Kier molecular flexibility index (Phi) is 3.07. The lowest BCUT2D eigenvalue weighted by molar-refractivity contribution is 0.102. The van der Waals surface area contributed by atoms with Crippen molar-refractivity contribution in [1.29, 1.82) is 0 Å². The molecule has 2 aromatic heterocycles. The lowest BCUT2D eigenvalue weighted by Gasteiger charge is -2.03. The Labute approximate surface area is 96.5 Å². The van der Waals surface area contributed by atoms with Gasteiger partial charge in [0.25, 0.3) is 5.91 Å². The van der Waals surface area contributed by atoms with E-state index < -0.39 is 0 Å². The molecule has 1 N–H and O–H groups in total. The molecule has 0 saturated carbocycles. The Bertz CT molecular complexity index is 486. The van der Waals surface area contributed by atoms with E-state index in [9.17, 15) is 4.79 Å². The fraction of sp³-hybridized carbons (Fsp3) is 0. The number of rotatable bonds is 2. The van der Waals surface area contributed by atoms with Gasteiger partial charge in [-0.05, 0) is 12.1 Å². The smallest absolute Gasteiger partial charge is 0.257 e. The van der Waals surface area contributed by atoms with Crippen molar-refractivity contribution >= 4 is 23.2 Å². The van der Waals surface area contributed by atoms with Crippen molar-refractivity contribution in [2.24, 2.45) is 0 Å². The molecule has 6 heteroatoms. The van der Waals surface area contributed by atoms with Gasteiger partial charge in [0.1, 0.15) is 11.5 Å². The summed E-state index contributed by atoms with van der Waals surface area (Å²) in [7, 11) is 0. The zero-order chi connectivity index (χ0) is 11.4. The molecule has 16 heavy (non-hydrogen) atoms. The Hall–Kier alpha value is -2.01. The highest BCUT2D eigenvalue weighted by Gasteiger charge is 2.06. The molecule has 0 aromatic carbocycles. The molecule has 5 nitrogen and oxygen atoms in total. The molecule has 0 fully saturated rings. The number of carbonyl (C=O) groups is 1. The summed E-state index contributed by atoms with van der Waals surface area (Å²) in [5, 5.41) is 2.98. The standard InChI is InChI=1S/C10H7ClN4O/c11-9-2-1-7(3-14-9)10(16)15-8-4-12-6-13-5-8/h1-6H,(H,15,16). The predicted octanol–water partition coefficient (Wildman–Crippen LogP) is 1.78. The van der Waals surface area contributed by atoms with Gasteiger partial charge in [-0.25, -0.2) is 15.0 Å². The molecule has 0 saturated heterocycles. The average molecular weight is 235 g/mol. The maximum Gasteiger partial charge on any atom is 0.257 e. The summed E-state index contributed by atoms with van der Waals surface area (Å²) in [5.41, 5.74) is 0.954. The number of hydrogen-bond donors (Lipinski definition) is 1. The van der Waals surface area contributed by atoms with Gasteiger partial charge in [-0.1, -0.05) is 11.6 Å². The van der Waals surface area contributed by atoms with Gasteiger partial charge in [-0.2, -0.15) is 0 Å². The van der Waals surface area contributed by atoms with E-state index >= 15 is 0 Å².